The molecule has 0 saturated carbocycles. The van der Waals surface area contributed by atoms with Gasteiger partial charge in [0.25, 0.3) is 0 Å². The first kappa shape index (κ1) is 16.7. The number of carbonyl (C=O) groups excluding carboxylic acids is 2. The highest BCUT2D eigenvalue weighted by Crippen LogP contribution is 2.17. The van der Waals surface area contributed by atoms with E-state index < -0.39 is 5.91 Å². The van der Waals surface area contributed by atoms with E-state index in [-0.39, 0.29) is 6.03 Å². The zero-order chi connectivity index (χ0) is 16.7. The Bertz CT molecular complexity index is 662. The lowest BCUT2D eigenvalue weighted by atomic mass is 10.2. The van der Waals surface area contributed by atoms with Gasteiger partial charge in [-0.1, -0.05) is 31.0 Å². The molecule has 7 heteroatoms. The molecule has 0 atom stereocenters. The average molecular weight is 330 g/mol. The van der Waals surface area contributed by atoms with Gasteiger partial charge in [0.15, 0.2) is 0 Å². The van der Waals surface area contributed by atoms with Crippen LogP contribution in [0.25, 0.3) is 0 Å². The van der Waals surface area contributed by atoms with Gasteiger partial charge in [0.05, 0.1) is 5.69 Å². The normalized spacial score (nSPS) is 9.96. The number of primary amides is 1. The van der Waals surface area contributed by atoms with E-state index in [1.165, 1.54) is 4.31 Å². The molecule has 3 amide bonds. The van der Waals surface area contributed by atoms with Gasteiger partial charge in [-0.25, -0.2) is 9.10 Å². The van der Waals surface area contributed by atoms with Crippen LogP contribution in [0.2, 0.25) is 0 Å². The van der Waals surface area contributed by atoms with E-state index in [9.17, 15) is 9.59 Å². The molecule has 2 aromatic carbocycles. The Balaban J connectivity index is 1.79. The molecule has 0 bridgehead atoms. The second-order valence-corrected chi connectivity index (χ2v) is 5.15. The summed E-state index contributed by atoms with van der Waals surface area (Å²) in [5.74, 6) is -0.515. The average Bonchev–Trinajstić information content (AvgIpc) is 2.59. The van der Waals surface area contributed by atoms with Gasteiger partial charge in [0.2, 0.25) is 5.91 Å². The van der Waals surface area contributed by atoms with E-state index in [1.807, 2.05) is 30.3 Å². The van der Waals surface area contributed by atoms with Crippen molar-refractivity contribution < 1.29 is 9.59 Å². The second kappa shape index (κ2) is 8.09. The fraction of sp³-hybridized carbons (Fsp3) is 0.125. The summed E-state index contributed by atoms with van der Waals surface area (Å²) in [5, 5.41) is 5.93. The molecular weight excluding hydrogens is 312 g/mol. The van der Waals surface area contributed by atoms with Crippen molar-refractivity contribution >= 4 is 36.1 Å². The Hall–Kier alpha value is -2.67. The van der Waals surface area contributed by atoms with Crippen LogP contribution in [-0.4, -0.2) is 25.0 Å². The number of carbonyl (C=O) groups is 2. The Kier molecular flexibility index (Phi) is 5.87. The summed E-state index contributed by atoms with van der Waals surface area (Å²) in [5.41, 5.74) is 7.09. The number of para-hydroxylation sites is 1. The minimum absolute atomic E-state index is 0.352. The van der Waals surface area contributed by atoms with Gasteiger partial charge >= 0.3 is 6.03 Å². The zero-order valence-corrected chi connectivity index (χ0v) is 13.3. The maximum absolute atomic E-state index is 12.0. The largest absolute Gasteiger partial charge is 0.383 e. The Labute approximate surface area is 140 Å². The fourth-order valence-electron chi connectivity index (χ4n) is 1.89. The molecule has 0 unspecified atom stereocenters. The van der Waals surface area contributed by atoms with Crippen molar-refractivity contribution in [3.05, 3.63) is 60.2 Å². The maximum atomic E-state index is 12.0. The van der Waals surface area contributed by atoms with Gasteiger partial charge in [-0.05, 0) is 36.4 Å². The van der Waals surface area contributed by atoms with E-state index in [2.05, 4.69) is 23.4 Å². The molecule has 0 aromatic heterocycles. The molecule has 0 spiro atoms. The highest BCUT2D eigenvalue weighted by molar-refractivity contribution is 7.82. The molecular formula is C16H18N4O2S. The number of nitrogens with zero attached hydrogens (tertiary/aromatic N) is 1. The van der Waals surface area contributed by atoms with Crippen LogP contribution in [0.15, 0.2) is 54.6 Å². The predicted molar refractivity (Wildman–Crippen MR) is 94.8 cm³/mol. The van der Waals surface area contributed by atoms with Gasteiger partial charge in [0, 0.05) is 24.3 Å². The molecule has 6 nitrogen and oxygen atoms in total. The number of hydrogen-bond donors (Lipinski definition) is 4. The molecule has 0 aliphatic rings. The molecule has 0 radical (unpaired) electrons. The summed E-state index contributed by atoms with van der Waals surface area (Å²) >= 11 is 4.16. The van der Waals surface area contributed by atoms with E-state index in [0.717, 1.165) is 5.69 Å². The van der Waals surface area contributed by atoms with Crippen molar-refractivity contribution in [3.63, 3.8) is 0 Å². The lowest BCUT2D eigenvalue weighted by Gasteiger charge is -2.17. The highest BCUT2D eigenvalue weighted by Gasteiger charge is 2.11. The van der Waals surface area contributed by atoms with Gasteiger partial charge < -0.3 is 16.4 Å². The standard InChI is InChI=1S/C16H18N4O2S/c17-15(21)12-6-8-14(9-7-12)20(23)16(22)19-11-10-18-13-4-2-1-3-5-13/h1-9,18,23H,10-11H2,(H2,17,21)(H,19,22). The molecule has 0 aliphatic carbocycles. The van der Waals surface area contributed by atoms with Crippen molar-refractivity contribution in [1.82, 2.24) is 5.32 Å². The van der Waals surface area contributed by atoms with Gasteiger partial charge in [-0.15, -0.1) is 0 Å². The second-order valence-electron chi connectivity index (χ2n) is 4.75. The summed E-state index contributed by atoms with van der Waals surface area (Å²) in [6, 6.07) is 15.7. The van der Waals surface area contributed by atoms with Gasteiger partial charge in [-0.2, -0.15) is 0 Å². The van der Waals surface area contributed by atoms with E-state index in [4.69, 9.17) is 5.73 Å². The van der Waals surface area contributed by atoms with Crippen molar-refractivity contribution in [2.45, 2.75) is 0 Å². The maximum Gasteiger partial charge on any atom is 0.331 e. The summed E-state index contributed by atoms with van der Waals surface area (Å²) in [7, 11) is 0. The number of nitrogens with one attached hydrogen (secondary N) is 2. The number of anilines is 2. The Morgan fingerprint density at radius 2 is 1.65 bits per heavy atom. The van der Waals surface area contributed by atoms with Crippen LogP contribution in [0.1, 0.15) is 10.4 Å². The van der Waals surface area contributed by atoms with Crippen molar-refractivity contribution in [2.24, 2.45) is 5.73 Å². The van der Waals surface area contributed by atoms with Gasteiger partial charge in [-0.3, -0.25) is 4.79 Å². The zero-order valence-electron chi connectivity index (χ0n) is 12.4. The van der Waals surface area contributed by atoms with Crippen LogP contribution in [-0.2, 0) is 0 Å². The van der Waals surface area contributed by atoms with Crippen LogP contribution in [0.4, 0.5) is 16.2 Å². The molecule has 0 saturated heterocycles. The third kappa shape index (κ3) is 4.93. The topological polar surface area (TPSA) is 87.5 Å². The number of nitrogens with two attached hydrogens (primary N) is 1. The lowest BCUT2D eigenvalue weighted by molar-refractivity contribution is 0.100. The van der Waals surface area contributed by atoms with Crippen molar-refractivity contribution in [1.29, 1.82) is 0 Å². The Morgan fingerprint density at radius 1 is 1.00 bits per heavy atom. The number of amides is 3. The molecule has 2 aromatic rings. The SMILES string of the molecule is NC(=O)c1ccc(N(S)C(=O)NCCNc2ccccc2)cc1. The van der Waals surface area contributed by atoms with E-state index in [0.29, 0.717) is 24.3 Å². The molecule has 4 N–H and O–H groups in total. The van der Waals surface area contributed by atoms with Crippen molar-refractivity contribution in [2.75, 3.05) is 22.7 Å². The summed E-state index contributed by atoms with van der Waals surface area (Å²) in [6.07, 6.45) is 0. The molecule has 120 valence electrons. The van der Waals surface area contributed by atoms with E-state index in [1.54, 1.807) is 24.3 Å². The van der Waals surface area contributed by atoms with E-state index >= 15 is 0 Å². The number of rotatable bonds is 6. The minimum Gasteiger partial charge on any atom is -0.383 e. The molecule has 0 fully saturated rings. The predicted octanol–water partition coefficient (Wildman–Crippen LogP) is 2.26. The number of thiol groups is 1. The monoisotopic (exact) mass is 330 g/mol. The summed E-state index contributed by atoms with van der Waals surface area (Å²) in [4.78, 5) is 23.0. The van der Waals surface area contributed by atoms with Crippen LogP contribution in [0.5, 0.6) is 0 Å². The van der Waals surface area contributed by atoms with Crippen LogP contribution < -0.4 is 20.7 Å². The molecule has 23 heavy (non-hydrogen) atoms. The van der Waals surface area contributed by atoms with Crippen LogP contribution in [0, 0.1) is 0 Å². The minimum atomic E-state index is -0.515. The number of hydrogen-bond acceptors (Lipinski definition) is 4. The quantitative estimate of drug-likeness (QED) is 0.484. The molecule has 0 heterocycles. The third-order valence-corrected chi connectivity index (χ3v) is 3.51. The van der Waals surface area contributed by atoms with Crippen LogP contribution in [0.3, 0.4) is 0 Å². The fourth-order valence-corrected chi connectivity index (χ4v) is 2.10. The first-order chi connectivity index (χ1) is 11.1. The molecule has 2 rings (SSSR count). The summed E-state index contributed by atoms with van der Waals surface area (Å²) in [6.45, 7) is 1.04. The van der Waals surface area contributed by atoms with Crippen LogP contribution >= 0.6 is 12.8 Å². The first-order valence-electron chi connectivity index (χ1n) is 7.03. The van der Waals surface area contributed by atoms with Crippen molar-refractivity contribution in [3.8, 4) is 0 Å². The third-order valence-electron chi connectivity index (χ3n) is 3.09. The first-order valence-corrected chi connectivity index (χ1v) is 7.43. The summed E-state index contributed by atoms with van der Waals surface area (Å²) < 4.78 is 1.17. The number of benzene rings is 2. The van der Waals surface area contributed by atoms with Gasteiger partial charge in [0.1, 0.15) is 0 Å². The Morgan fingerprint density at radius 3 is 2.26 bits per heavy atom. The highest BCUT2D eigenvalue weighted by atomic mass is 32.1. The lowest BCUT2D eigenvalue weighted by Crippen LogP contribution is -2.36. The number of urea groups is 1. The smallest absolute Gasteiger partial charge is 0.331 e. The molecule has 0 aliphatic heterocycles.